The number of hydrogen-bond acceptors (Lipinski definition) is 7. The van der Waals surface area contributed by atoms with E-state index in [0.717, 1.165) is 11.1 Å². The quantitative estimate of drug-likeness (QED) is 0.279. The summed E-state index contributed by atoms with van der Waals surface area (Å²) in [5.41, 5.74) is -0.256. The van der Waals surface area contributed by atoms with Crippen molar-refractivity contribution in [2.75, 3.05) is 6.61 Å². The molecule has 1 atom stereocenters. The van der Waals surface area contributed by atoms with E-state index in [1.165, 1.54) is 0 Å². The minimum atomic E-state index is -1.78. The Morgan fingerprint density at radius 1 is 0.853 bits per heavy atom. The van der Waals surface area contributed by atoms with Gasteiger partial charge in [-0.2, -0.15) is 0 Å². The number of carbonyl (C=O) groups is 4. The molecule has 0 radical (unpaired) electrons. The molecule has 0 saturated heterocycles. The van der Waals surface area contributed by atoms with Crippen LogP contribution in [0.3, 0.4) is 0 Å². The lowest BCUT2D eigenvalue weighted by atomic mass is 9.70. The van der Waals surface area contributed by atoms with Crippen LogP contribution >= 0.6 is 0 Å². The standard InChI is InChI=1S/C27H30O7/c1-2-32-24(29)15-16-27(22-13-14-23(28)17-22,25(30)33-18-20-9-5-3-6-10-20)26(31)34-19-21-11-7-4-8-12-21/h3-12,22H,2,13-19H2,1H3/t22-/m0/s1. The lowest BCUT2D eigenvalue weighted by Gasteiger charge is -2.34. The number of Topliss-reactive ketones (excluding diaryl/α,β-unsaturated/α-hetero) is 1. The van der Waals surface area contributed by atoms with Crippen molar-refractivity contribution in [3.8, 4) is 0 Å². The first-order chi connectivity index (χ1) is 16.5. The van der Waals surface area contributed by atoms with Crippen LogP contribution in [-0.2, 0) is 46.6 Å². The van der Waals surface area contributed by atoms with E-state index >= 15 is 0 Å². The van der Waals surface area contributed by atoms with Crippen LogP contribution in [0.4, 0.5) is 0 Å². The molecule has 2 aromatic rings. The first kappa shape index (κ1) is 25.1. The minimum absolute atomic E-state index is 0.0303. The molecule has 1 fully saturated rings. The molecule has 0 aromatic heterocycles. The molecule has 0 bridgehead atoms. The Labute approximate surface area is 199 Å². The zero-order valence-corrected chi connectivity index (χ0v) is 19.4. The number of esters is 3. The zero-order valence-electron chi connectivity index (χ0n) is 19.4. The van der Waals surface area contributed by atoms with E-state index in [1.807, 2.05) is 36.4 Å². The molecule has 1 aliphatic carbocycles. The molecule has 2 aromatic carbocycles. The van der Waals surface area contributed by atoms with Crippen molar-refractivity contribution in [3.05, 3.63) is 71.8 Å². The fraction of sp³-hybridized carbons (Fsp3) is 0.407. The van der Waals surface area contributed by atoms with Crippen LogP contribution in [-0.4, -0.2) is 30.3 Å². The first-order valence-corrected chi connectivity index (χ1v) is 11.5. The first-order valence-electron chi connectivity index (χ1n) is 11.5. The molecule has 7 nitrogen and oxygen atoms in total. The Morgan fingerprint density at radius 2 is 1.38 bits per heavy atom. The SMILES string of the molecule is CCOC(=O)CCC(C(=O)OCc1ccccc1)(C(=O)OCc1ccccc1)[C@H]1CCC(=O)C1. The second-order valence-corrected chi connectivity index (χ2v) is 8.38. The van der Waals surface area contributed by atoms with E-state index in [9.17, 15) is 19.2 Å². The molecule has 0 heterocycles. The Morgan fingerprint density at radius 3 is 1.82 bits per heavy atom. The van der Waals surface area contributed by atoms with Crippen molar-refractivity contribution >= 4 is 23.7 Å². The summed E-state index contributed by atoms with van der Waals surface area (Å²) in [6, 6.07) is 18.2. The second-order valence-electron chi connectivity index (χ2n) is 8.38. The van der Waals surface area contributed by atoms with Gasteiger partial charge in [-0.1, -0.05) is 60.7 Å². The van der Waals surface area contributed by atoms with Crippen LogP contribution < -0.4 is 0 Å². The molecule has 0 N–H and O–H groups in total. The summed E-state index contributed by atoms with van der Waals surface area (Å²) in [4.78, 5) is 51.5. The second kappa shape index (κ2) is 12.1. The average Bonchev–Trinajstić information content (AvgIpc) is 3.29. The number of carbonyl (C=O) groups excluding carboxylic acids is 4. The molecular weight excluding hydrogens is 436 g/mol. The van der Waals surface area contributed by atoms with Crippen LogP contribution in [0.2, 0.25) is 0 Å². The third kappa shape index (κ3) is 6.31. The smallest absolute Gasteiger partial charge is 0.324 e. The molecule has 1 aliphatic rings. The fourth-order valence-corrected chi connectivity index (χ4v) is 4.30. The highest BCUT2D eigenvalue weighted by molar-refractivity contribution is 6.02. The summed E-state index contributed by atoms with van der Waals surface area (Å²) in [6.45, 7) is 1.80. The molecule has 180 valence electrons. The highest BCUT2D eigenvalue weighted by Gasteiger charge is 2.56. The minimum Gasteiger partial charge on any atom is -0.466 e. The number of rotatable bonds is 11. The third-order valence-corrected chi connectivity index (χ3v) is 6.13. The van der Waals surface area contributed by atoms with Crippen LogP contribution in [0, 0.1) is 11.3 Å². The lowest BCUT2D eigenvalue weighted by molar-refractivity contribution is -0.180. The van der Waals surface area contributed by atoms with Crippen molar-refractivity contribution in [3.63, 3.8) is 0 Å². The van der Waals surface area contributed by atoms with Gasteiger partial charge in [-0.15, -0.1) is 0 Å². The van der Waals surface area contributed by atoms with Gasteiger partial charge in [-0.05, 0) is 36.8 Å². The van der Waals surface area contributed by atoms with Crippen LogP contribution in [0.5, 0.6) is 0 Å². The van der Waals surface area contributed by atoms with Gasteiger partial charge in [0.2, 0.25) is 0 Å². The number of benzene rings is 2. The van der Waals surface area contributed by atoms with Crippen LogP contribution in [0.25, 0.3) is 0 Å². The van der Waals surface area contributed by atoms with Crippen molar-refractivity contribution < 1.29 is 33.4 Å². The third-order valence-electron chi connectivity index (χ3n) is 6.13. The highest BCUT2D eigenvalue weighted by Crippen LogP contribution is 2.44. The Kier molecular flexibility index (Phi) is 8.96. The Hall–Kier alpha value is -3.48. The normalized spacial score (nSPS) is 15.6. The maximum atomic E-state index is 13.6. The van der Waals surface area contributed by atoms with Gasteiger partial charge in [0, 0.05) is 19.3 Å². The van der Waals surface area contributed by atoms with Crippen molar-refractivity contribution in [2.45, 2.75) is 52.2 Å². The summed E-state index contributed by atoms with van der Waals surface area (Å²) in [5.74, 6) is -2.72. The topological polar surface area (TPSA) is 96.0 Å². The molecule has 34 heavy (non-hydrogen) atoms. The largest absolute Gasteiger partial charge is 0.466 e. The summed E-state index contributed by atoms with van der Waals surface area (Å²) >= 11 is 0. The zero-order chi connectivity index (χ0) is 24.4. The van der Waals surface area contributed by atoms with Gasteiger partial charge < -0.3 is 14.2 Å². The fourth-order valence-electron chi connectivity index (χ4n) is 4.30. The van der Waals surface area contributed by atoms with Gasteiger partial charge in [-0.25, -0.2) is 0 Å². The van der Waals surface area contributed by atoms with Crippen molar-refractivity contribution in [1.82, 2.24) is 0 Å². The predicted octanol–water partition coefficient (Wildman–Crippen LogP) is 4.17. The van der Waals surface area contributed by atoms with E-state index < -0.39 is 29.2 Å². The molecule has 3 rings (SSSR count). The van der Waals surface area contributed by atoms with Crippen LogP contribution in [0.1, 0.15) is 50.2 Å². The number of ketones is 1. The highest BCUT2D eigenvalue weighted by atomic mass is 16.6. The van der Waals surface area contributed by atoms with E-state index in [0.29, 0.717) is 6.42 Å². The summed E-state index contributed by atoms with van der Waals surface area (Å²) < 4.78 is 16.2. The van der Waals surface area contributed by atoms with Gasteiger partial charge in [0.15, 0.2) is 5.41 Å². The Bertz CT molecular complexity index is 929. The van der Waals surface area contributed by atoms with Gasteiger partial charge in [-0.3, -0.25) is 19.2 Å². The van der Waals surface area contributed by atoms with E-state index in [4.69, 9.17) is 14.2 Å². The van der Waals surface area contributed by atoms with Gasteiger partial charge in [0.05, 0.1) is 6.61 Å². The lowest BCUT2D eigenvalue weighted by Crippen LogP contribution is -2.47. The average molecular weight is 467 g/mol. The van der Waals surface area contributed by atoms with Gasteiger partial charge in [0.1, 0.15) is 19.0 Å². The molecule has 0 unspecified atom stereocenters. The molecule has 1 saturated carbocycles. The Balaban J connectivity index is 1.88. The maximum Gasteiger partial charge on any atom is 0.324 e. The molecular formula is C27H30O7. The monoisotopic (exact) mass is 466 g/mol. The van der Waals surface area contributed by atoms with Gasteiger partial charge >= 0.3 is 17.9 Å². The molecule has 7 heteroatoms. The van der Waals surface area contributed by atoms with Gasteiger partial charge in [0.25, 0.3) is 0 Å². The molecule has 0 amide bonds. The maximum absolute atomic E-state index is 13.6. The predicted molar refractivity (Wildman–Crippen MR) is 123 cm³/mol. The molecule has 0 spiro atoms. The van der Waals surface area contributed by atoms with E-state index in [-0.39, 0.29) is 51.3 Å². The van der Waals surface area contributed by atoms with Crippen molar-refractivity contribution in [2.24, 2.45) is 11.3 Å². The van der Waals surface area contributed by atoms with Crippen LogP contribution in [0.15, 0.2) is 60.7 Å². The summed E-state index contributed by atoms with van der Waals surface area (Å²) in [5, 5.41) is 0. The van der Waals surface area contributed by atoms with E-state index in [1.54, 1.807) is 31.2 Å². The molecule has 0 aliphatic heterocycles. The summed E-state index contributed by atoms with van der Waals surface area (Å²) in [7, 11) is 0. The van der Waals surface area contributed by atoms with E-state index in [2.05, 4.69) is 0 Å². The number of ether oxygens (including phenoxy) is 3. The summed E-state index contributed by atoms with van der Waals surface area (Å²) in [6.07, 6.45) is 0.362. The number of hydrogen-bond donors (Lipinski definition) is 0. The van der Waals surface area contributed by atoms with Crippen molar-refractivity contribution in [1.29, 1.82) is 0 Å².